The van der Waals surface area contributed by atoms with Crippen LogP contribution in [0, 0.1) is 5.82 Å². The zero-order chi connectivity index (χ0) is 21.0. The van der Waals surface area contributed by atoms with Crippen molar-refractivity contribution in [1.82, 2.24) is 9.69 Å². The van der Waals surface area contributed by atoms with E-state index in [1.54, 1.807) is 0 Å². The van der Waals surface area contributed by atoms with Gasteiger partial charge in [-0.1, -0.05) is 19.3 Å². The largest absolute Gasteiger partial charge is 0.395 e. The third kappa shape index (κ3) is 4.89. The molecule has 154 valence electrons. The third-order valence-electron chi connectivity index (χ3n) is 4.81. The molecule has 1 aliphatic rings. The van der Waals surface area contributed by atoms with Crippen LogP contribution in [0.1, 0.15) is 52.3 Å². The summed E-state index contributed by atoms with van der Waals surface area (Å²) in [6.07, 6.45) is 5.07. The molecule has 1 aliphatic carbocycles. The highest BCUT2D eigenvalue weighted by Crippen LogP contribution is 2.26. The van der Waals surface area contributed by atoms with Crippen molar-refractivity contribution in [1.29, 1.82) is 0 Å². The van der Waals surface area contributed by atoms with E-state index in [2.05, 4.69) is 9.69 Å². The molecule has 0 unspecified atom stereocenters. The van der Waals surface area contributed by atoms with Crippen LogP contribution in [0.4, 0.5) is 15.8 Å². The van der Waals surface area contributed by atoms with E-state index in [1.165, 1.54) is 29.2 Å². The first-order valence-electron chi connectivity index (χ1n) is 9.28. The van der Waals surface area contributed by atoms with Gasteiger partial charge in [0.15, 0.2) is 5.69 Å². The van der Waals surface area contributed by atoms with E-state index in [4.69, 9.17) is 11.5 Å². The molecule has 2 aromatic rings. The second kappa shape index (κ2) is 8.99. The molecule has 0 saturated heterocycles. The van der Waals surface area contributed by atoms with E-state index < -0.39 is 17.6 Å². The lowest BCUT2D eigenvalue weighted by Gasteiger charge is -2.26. The number of hydrogen-bond donors (Lipinski definition) is 3. The average molecular weight is 419 g/mol. The minimum Gasteiger partial charge on any atom is -0.395 e. The maximum absolute atomic E-state index is 13.3. The van der Waals surface area contributed by atoms with E-state index >= 15 is 0 Å². The summed E-state index contributed by atoms with van der Waals surface area (Å²) in [5.74, 6) is -2.26. The molecule has 3 amide bonds. The van der Waals surface area contributed by atoms with Crippen LogP contribution in [0.25, 0.3) is 0 Å². The molecule has 0 atom stereocenters. The molecule has 0 spiro atoms. The summed E-state index contributed by atoms with van der Waals surface area (Å²) < 4.78 is 17.2. The van der Waals surface area contributed by atoms with Crippen LogP contribution >= 0.6 is 11.5 Å². The predicted molar refractivity (Wildman–Crippen MR) is 108 cm³/mol. The van der Waals surface area contributed by atoms with E-state index in [1.807, 2.05) is 0 Å². The summed E-state index contributed by atoms with van der Waals surface area (Å²) in [5.41, 5.74) is 11.1. The molecule has 1 heterocycles. The van der Waals surface area contributed by atoms with Gasteiger partial charge in [0.05, 0.1) is 5.69 Å². The van der Waals surface area contributed by atoms with Crippen molar-refractivity contribution in [2.24, 2.45) is 5.73 Å². The zero-order valence-corrected chi connectivity index (χ0v) is 16.5. The Morgan fingerprint density at radius 1 is 1.17 bits per heavy atom. The topological polar surface area (TPSA) is 131 Å². The number of nitrogens with two attached hydrogens (primary N) is 2. The Kier molecular flexibility index (Phi) is 6.42. The number of nitrogens with zero attached hydrogens (tertiary/aromatic N) is 2. The van der Waals surface area contributed by atoms with Gasteiger partial charge >= 0.3 is 0 Å². The van der Waals surface area contributed by atoms with Crippen molar-refractivity contribution in [3.63, 3.8) is 0 Å². The number of rotatable bonds is 6. The Morgan fingerprint density at radius 2 is 1.83 bits per heavy atom. The van der Waals surface area contributed by atoms with Gasteiger partial charge < -0.3 is 16.8 Å². The number of hydrogen-bond acceptors (Lipinski definition) is 6. The maximum atomic E-state index is 13.3. The van der Waals surface area contributed by atoms with E-state index in [9.17, 15) is 18.8 Å². The van der Waals surface area contributed by atoms with Crippen LogP contribution in [0.15, 0.2) is 24.3 Å². The fraction of sp³-hybridized carbons (Fsp3) is 0.368. The minimum atomic E-state index is -0.846. The maximum Gasteiger partial charge on any atom is 0.272 e. The van der Waals surface area contributed by atoms with Gasteiger partial charge in [-0.25, -0.2) is 4.39 Å². The Labute approximate surface area is 171 Å². The normalized spacial score (nSPS) is 14.4. The molecular formula is C19H22FN5O3S. The SMILES string of the molecule is NC(=O)c1nsc(C(=O)N(CC(=O)NC2CCCCC2)c2ccc(F)cc2)c1N. The molecule has 0 aliphatic heterocycles. The Morgan fingerprint density at radius 3 is 2.41 bits per heavy atom. The van der Waals surface area contributed by atoms with Crippen molar-refractivity contribution in [2.75, 3.05) is 17.2 Å². The second-order valence-corrected chi connectivity index (χ2v) is 7.68. The van der Waals surface area contributed by atoms with Gasteiger partial charge in [0.2, 0.25) is 5.91 Å². The van der Waals surface area contributed by atoms with Crippen LogP contribution in [0.2, 0.25) is 0 Å². The van der Waals surface area contributed by atoms with Crippen LogP contribution in [-0.2, 0) is 4.79 Å². The van der Waals surface area contributed by atoms with Gasteiger partial charge in [0.25, 0.3) is 11.8 Å². The number of benzene rings is 1. The average Bonchev–Trinajstić information content (AvgIpc) is 3.09. The molecule has 1 saturated carbocycles. The molecule has 0 bridgehead atoms. The standard InChI is InChI=1S/C19H22FN5O3S/c20-11-6-8-13(9-7-11)25(10-14(26)23-12-4-2-1-3-5-12)19(28)17-15(21)16(18(22)27)24-29-17/h6-9,12H,1-5,10,21H2,(H2,22,27)(H,23,26). The summed E-state index contributed by atoms with van der Waals surface area (Å²) in [6, 6.07) is 5.26. The van der Waals surface area contributed by atoms with E-state index in [0.29, 0.717) is 5.69 Å². The highest BCUT2D eigenvalue weighted by atomic mass is 32.1. The quantitative estimate of drug-likeness (QED) is 0.659. The van der Waals surface area contributed by atoms with Crippen LogP contribution in [0.5, 0.6) is 0 Å². The summed E-state index contributed by atoms with van der Waals surface area (Å²) >= 11 is 0.729. The number of carbonyl (C=O) groups excluding carboxylic acids is 3. The highest BCUT2D eigenvalue weighted by molar-refractivity contribution is 7.09. The van der Waals surface area contributed by atoms with E-state index in [-0.39, 0.29) is 34.8 Å². The second-order valence-electron chi connectivity index (χ2n) is 6.91. The zero-order valence-electron chi connectivity index (χ0n) is 15.7. The summed E-state index contributed by atoms with van der Waals surface area (Å²) in [6.45, 7) is -0.274. The number of carbonyl (C=O) groups is 3. The molecule has 10 heteroatoms. The van der Waals surface area contributed by atoms with Gasteiger partial charge in [-0.15, -0.1) is 0 Å². The van der Waals surface area contributed by atoms with Crippen molar-refractivity contribution in [3.05, 3.63) is 40.7 Å². The molecule has 0 radical (unpaired) electrons. The Hall–Kier alpha value is -3.01. The molecule has 5 N–H and O–H groups in total. The number of primary amides is 1. The lowest BCUT2D eigenvalue weighted by molar-refractivity contribution is -0.120. The summed E-state index contributed by atoms with van der Waals surface area (Å²) in [4.78, 5) is 38.3. The first-order valence-corrected chi connectivity index (χ1v) is 10.1. The van der Waals surface area contributed by atoms with Crippen molar-refractivity contribution < 1.29 is 18.8 Å². The first-order chi connectivity index (χ1) is 13.9. The lowest BCUT2D eigenvalue weighted by atomic mass is 9.95. The van der Waals surface area contributed by atoms with Crippen molar-refractivity contribution in [2.45, 2.75) is 38.1 Å². The summed E-state index contributed by atoms with van der Waals surface area (Å²) in [5, 5.41) is 2.95. The molecular weight excluding hydrogens is 397 g/mol. The van der Waals surface area contributed by atoms with Crippen LogP contribution < -0.4 is 21.7 Å². The minimum absolute atomic E-state index is 0.00593. The smallest absolute Gasteiger partial charge is 0.272 e. The molecule has 1 aromatic heterocycles. The van der Waals surface area contributed by atoms with Gasteiger partial charge in [-0.05, 0) is 48.6 Å². The first kappa shape index (κ1) is 20.7. The number of anilines is 2. The monoisotopic (exact) mass is 419 g/mol. The van der Waals surface area contributed by atoms with Crippen molar-refractivity contribution in [3.8, 4) is 0 Å². The highest BCUT2D eigenvalue weighted by Gasteiger charge is 2.28. The van der Waals surface area contributed by atoms with E-state index in [0.717, 1.165) is 43.6 Å². The molecule has 8 nitrogen and oxygen atoms in total. The molecule has 29 heavy (non-hydrogen) atoms. The van der Waals surface area contributed by atoms with Gasteiger partial charge in [-0.2, -0.15) is 4.37 Å². The van der Waals surface area contributed by atoms with Crippen LogP contribution in [0.3, 0.4) is 0 Å². The number of aromatic nitrogens is 1. The van der Waals surface area contributed by atoms with Gasteiger partial charge in [0, 0.05) is 11.7 Å². The Balaban J connectivity index is 1.84. The fourth-order valence-corrected chi connectivity index (χ4v) is 4.07. The fourth-order valence-electron chi connectivity index (χ4n) is 3.32. The Bertz CT molecular complexity index is 909. The summed E-state index contributed by atoms with van der Waals surface area (Å²) in [7, 11) is 0. The van der Waals surface area contributed by atoms with Gasteiger partial charge in [0.1, 0.15) is 17.2 Å². The predicted octanol–water partition coefficient (Wildman–Crippen LogP) is 2.06. The number of nitrogens with one attached hydrogen (secondary N) is 1. The number of nitrogen functional groups attached to an aromatic ring is 1. The third-order valence-corrected chi connectivity index (χ3v) is 5.66. The van der Waals surface area contributed by atoms with Gasteiger partial charge in [-0.3, -0.25) is 19.3 Å². The number of halogens is 1. The lowest BCUT2D eigenvalue weighted by Crippen LogP contribution is -2.45. The van der Waals surface area contributed by atoms with Crippen molar-refractivity contribution >= 4 is 40.6 Å². The molecule has 3 rings (SSSR count). The number of amides is 3. The molecule has 1 aromatic carbocycles. The van der Waals surface area contributed by atoms with Crippen LogP contribution in [-0.4, -0.2) is 34.7 Å². The molecule has 1 fully saturated rings.